The van der Waals surface area contributed by atoms with Gasteiger partial charge in [0.25, 0.3) is 5.56 Å². The first-order valence-electron chi connectivity index (χ1n) is 7.10. The van der Waals surface area contributed by atoms with E-state index in [1.165, 1.54) is 10.4 Å². The van der Waals surface area contributed by atoms with Crippen LogP contribution in [0.25, 0.3) is 10.2 Å². The Bertz CT molecular complexity index is 716. The summed E-state index contributed by atoms with van der Waals surface area (Å²) >= 11 is 7.88. The Morgan fingerprint density at radius 2 is 2.25 bits per heavy atom. The molecule has 0 bridgehead atoms. The molecular formula is C15H19ClN2OS. The number of hydrogen-bond acceptors (Lipinski definition) is 3. The van der Waals surface area contributed by atoms with Crippen molar-refractivity contribution in [1.82, 2.24) is 9.97 Å². The van der Waals surface area contributed by atoms with Gasteiger partial charge in [0.1, 0.15) is 10.7 Å². The molecule has 0 saturated carbocycles. The third kappa shape index (κ3) is 2.29. The van der Waals surface area contributed by atoms with Crippen LogP contribution in [-0.2, 0) is 12.8 Å². The fourth-order valence-electron chi connectivity index (χ4n) is 2.86. The lowest BCUT2D eigenvalue weighted by molar-refractivity contribution is 0.320. The van der Waals surface area contributed by atoms with Crippen LogP contribution in [0.5, 0.6) is 0 Å². The average molecular weight is 311 g/mol. The molecule has 2 aromatic heterocycles. The maximum Gasteiger partial charge on any atom is 0.259 e. The molecule has 0 radical (unpaired) electrons. The van der Waals surface area contributed by atoms with Gasteiger partial charge in [0.2, 0.25) is 0 Å². The number of nitrogens with one attached hydrogen (secondary N) is 1. The first-order chi connectivity index (χ1) is 9.41. The number of nitrogens with zero attached hydrogens (tertiary/aromatic N) is 1. The minimum Gasteiger partial charge on any atom is -0.309 e. The van der Waals surface area contributed by atoms with E-state index in [2.05, 4.69) is 23.8 Å². The molecule has 0 aromatic carbocycles. The molecular weight excluding hydrogens is 292 g/mol. The molecule has 1 atom stereocenters. The van der Waals surface area contributed by atoms with E-state index in [0.717, 1.165) is 35.9 Å². The van der Waals surface area contributed by atoms with Gasteiger partial charge in [-0.2, -0.15) is 0 Å². The standard InChI is InChI=1S/C15H19ClN2OS/c1-4-9(16)12-17-13(19)11-8-5-6-15(2,3)7-10(8)20-14(11)18-12/h9H,4-7H2,1-3H3,(H,17,18,19). The molecule has 2 aromatic rings. The van der Waals surface area contributed by atoms with Gasteiger partial charge in [-0.3, -0.25) is 4.79 Å². The zero-order valence-electron chi connectivity index (χ0n) is 12.0. The fraction of sp³-hybridized carbons (Fsp3) is 0.600. The van der Waals surface area contributed by atoms with Crippen LogP contribution in [0.2, 0.25) is 0 Å². The number of rotatable bonds is 2. The molecule has 1 aliphatic rings. The quantitative estimate of drug-likeness (QED) is 0.845. The van der Waals surface area contributed by atoms with Gasteiger partial charge in [0.15, 0.2) is 0 Å². The molecule has 0 aliphatic heterocycles. The van der Waals surface area contributed by atoms with Gasteiger partial charge in [-0.1, -0.05) is 20.8 Å². The van der Waals surface area contributed by atoms with Crippen molar-refractivity contribution in [3.05, 3.63) is 26.6 Å². The second kappa shape index (κ2) is 4.85. The first kappa shape index (κ1) is 14.1. The highest BCUT2D eigenvalue weighted by atomic mass is 35.5. The van der Waals surface area contributed by atoms with Crippen molar-refractivity contribution in [3.63, 3.8) is 0 Å². The van der Waals surface area contributed by atoms with Crippen LogP contribution >= 0.6 is 22.9 Å². The summed E-state index contributed by atoms with van der Waals surface area (Å²) in [6, 6.07) is 0. The summed E-state index contributed by atoms with van der Waals surface area (Å²) in [6.07, 6.45) is 3.90. The lowest BCUT2D eigenvalue weighted by atomic mass is 9.77. The molecule has 5 heteroatoms. The third-order valence-corrected chi connectivity index (χ3v) is 5.75. The predicted octanol–water partition coefficient (Wildman–Crippen LogP) is 4.19. The van der Waals surface area contributed by atoms with Gasteiger partial charge in [-0.25, -0.2) is 4.98 Å². The van der Waals surface area contributed by atoms with Crippen molar-refractivity contribution in [2.24, 2.45) is 5.41 Å². The minimum atomic E-state index is -0.220. The zero-order chi connectivity index (χ0) is 14.5. The van der Waals surface area contributed by atoms with Crippen LogP contribution < -0.4 is 5.56 Å². The number of thiophene rings is 1. The first-order valence-corrected chi connectivity index (χ1v) is 8.35. The van der Waals surface area contributed by atoms with E-state index in [0.29, 0.717) is 11.2 Å². The van der Waals surface area contributed by atoms with Crippen LogP contribution in [0.1, 0.15) is 55.3 Å². The summed E-state index contributed by atoms with van der Waals surface area (Å²) in [7, 11) is 0. The zero-order valence-corrected chi connectivity index (χ0v) is 13.6. The van der Waals surface area contributed by atoms with Gasteiger partial charge in [-0.15, -0.1) is 22.9 Å². The van der Waals surface area contributed by atoms with Gasteiger partial charge in [-0.05, 0) is 36.7 Å². The molecule has 2 heterocycles. The van der Waals surface area contributed by atoms with Gasteiger partial charge in [0, 0.05) is 4.88 Å². The minimum absolute atomic E-state index is 0.0266. The Hall–Kier alpha value is -0.870. The summed E-state index contributed by atoms with van der Waals surface area (Å²) in [5.41, 5.74) is 1.51. The lowest BCUT2D eigenvalue weighted by Gasteiger charge is -2.29. The summed E-state index contributed by atoms with van der Waals surface area (Å²) < 4.78 is 0. The number of aromatic amines is 1. The molecule has 20 heavy (non-hydrogen) atoms. The molecule has 0 amide bonds. The van der Waals surface area contributed by atoms with Crippen molar-refractivity contribution in [2.45, 2.75) is 51.8 Å². The maximum absolute atomic E-state index is 12.4. The highest BCUT2D eigenvalue weighted by molar-refractivity contribution is 7.18. The Labute approximate surface area is 127 Å². The third-order valence-electron chi connectivity index (χ3n) is 4.11. The second-order valence-electron chi connectivity index (χ2n) is 6.35. The number of alkyl halides is 1. The number of aromatic nitrogens is 2. The van der Waals surface area contributed by atoms with Gasteiger partial charge < -0.3 is 4.98 Å². The van der Waals surface area contributed by atoms with Crippen molar-refractivity contribution in [2.75, 3.05) is 0 Å². The van der Waals surface area contributed by atoms with Crippen LogP contribution in [0.15, 0.2) is 4.79 Å². The van der Waals surface area contributed by atoms with E-state index >= 15 is 0 Å². The molecule has 0 fully saturated rings. The topological polar surface area (TPSA) is 45.8 Å². The number of halogens is 1. The summed E-state index contributed by atoms with van der Waals surface area (Å²) in [6.45, 7) is 6.56. The smallest absolute Gasteiger partial charge is 0.259 e. The van der Waals surface area contributed by atoms with Crippen LogP contribution in [0, 0.1) is 5.41 Å². The number of hydrogen-bond donors (Lipinski definition) is 1. The highest BCUT2D eigenvalue weighted by Crippen LogP contribution is 2.41. The van der Waals surface area contributed by atoms with Crippen molar-refractivity contribution in [1.29, 1.82) is 0 Å². The van der Waals surface area contributed by atoms with E-state index in [-0.39, 0.29) is 10.9 Å². The lowest BCUT2D eigenvalue weighted by Crippen LogP contribution is -2.21. The van der Waals surface area contributed by atoms with E-state index in [9.17, 15) is 4.79 Å². The number of aryl methyl sites for hydroxylation is 1. The summed E-state index contributed by atoms with van der Waals surface area (Å²) in [5.74, 6) is 0.601. The largest absolute Gasteiger partial charge is 0.309 e. The summed E-state index contributed by atoms with van der Waals surface area (Å²) in [4.78, 5) is 22.0. The normalized spacial score (nSPS) is 19.0. The van der Waals surface area contributed by atoms with E-state index in [4.69, 9.17) is 11.6 Å². The molecule has 3 rings (SSSR count). The molecule has 3 nitrogen and oxygen atoms in total. The number of H-pyrrole nitrogens is 1. The highest BCUT2D eigenvalue weighted by Gasteiger charge is 2.29. The van der Waals surface area contributed by atoms with E-state index in [1.54, 1.807) is 11.3 Å². The van der Waals surface area contributed by atoms with Crippen molar-refractivity contribution in [3.8, 4) is 0 Å². The Morgan fingerprint density at radius 3 is 2.95 bits per heavy atom. The molecule has 1 N–H and O–H groups in total. The molecule has 0 spiro atoms. The fourth-order valence-corrected chi connectivity index (χ4v) is 4.45. The Balaban J connectivity index is 2.18. The SMILES string of the molecule is CCC(Cl)c1nc2sc3c(c2c(=O)[nH]1)CCC(C)(C)C3. The average Bonchev–Trinajstić information content (AvgIpc) is 2.73. The van der Waals surface area contributed by atoms with E-state index in [1.807, 2.05) is 6.92 Å². The van der Waals surface area contributed by atoms with Crippen LogP contribution in [-0.4, -0.2) is 9.97 Å². The van der Waals surface area contributed by atoms with E-state index < -0.39 is 0 Å². The second-order valence-corrected chi connectivity index (χ2v) is 7.96. The van der Waals surface area contributed by atoms with Gasteiger partial charge >= 0.3 is 0 Å². The maximum atomic E-state index is 12.4. The molecule has 1 aliphatic carbocycles. The van der Waals surface area contributed by atoms with Gasteiger partial charge in [0.05, 0.1) is 10.8 Å². The van der Waals surface area contributed by atoms with Crippen molar-refractivity contribution < 1.29 is 0 Å². The Kier molecular flexibility index (Phi) is 3.41. The van der Waals surface area contributed by atoms with Crippen molar-refractivity contribution >= 4 is 33.2 Å². The molecule has 1 unspecified atom stereocenters. The molecule has 108 valence electrons. The summed E-state index contributed by atoms with van der Waals surface area (Å²) in [5, 5.41) is 0.576. The monoisotopic (exact) mass is 310 g/mol. The van der Waals surface area contributed by atoms with Crippen LogP contribution in [0.4, 0.5) is 0 Å². The Morgan fingerprint density at radius 1 is 1.50 bits per heavy atom. The predicted molar refractivity (Wildman–Crippen MR) is 84.9 cm³/mol. The number of fused-ring (bicyclic) bond motifs is 3. The molecule has 0 saturated heterocycles. The van der Waals surface area contributed by atoms with Crippen LogP contribution in [0.3, 0.4) is 0 Å².